The largest absolute Gasteiger partial charge is 0.324 e. The summed E-state index contributed by atoms with van der Waals surface area (Å²) in [7, 11) is 0. The molecule has 4 atom stereocenters. The lowest BCUT2D eigenvalue weighted by molar-refractivity contribution is 0.296. The van der Waals surface area contributed by atoms with Crippen molar-refractivity contribution in [3.05, 3.63) is 42.1 Å². The van der Waals surface area contributed by atoms with Gasteiger partial charge >= 0.3 is 0 Å². The molecule has 1 heterocycles. The molecule has 2 aromatic rings. The van der Waals surface area contributed by atoms with Crippen molar-refractivity contribution in [3.63, 3.8) is 0 Å². The number of nitrogens with zero attached hydrogens (tertiary/aromatic N) is 1. The van der Waals surface area contributed by atoms with E-state index in [-0.39, 0.29) is 6.04 Å². The molecule has 0 amide bonds. The van der Waals surface area contributed by atoms with E-state index in [9.17, 15) is 0 Å². The van der Waals surface area contributed by atoms with Crippen LogP contribution in [0.4, 0.5) is 0 Å². The molecule has 20 heavy (non-hydrogen) atoms. The van der Waals surface area contributed by atoms with Gasteiger partial charge in [0.05, 0.1) is 5.52 Å². The summed E-state index contributed by atoms with van der Waals surface area (Å²) in [4.78, 5) is 4.44. The van der Waals surface area contributed by atoms with Gasteiger partial charge in [-0.15, -0.1) is 0 Å². The highest BCUT2D eigenvalue weighted by Gasteiger charge is 2.39. The molecular formula is C18H22N2. The molecule has 2 saturated carbocycles. The van der Waals surface area contributed by atoms with Crippen molar-refractivity contribution < 1.29 is 0 Å². The molecule has 4 rings (SSSR count). The van der Waals surface area contributed by atoms with Crippen LogP contribution in [0.5, 0.6) is 0 Å². The summed E-state index contributed by atoms with van der Waals surface area (Å²) in [5, 5.41) is 1.20. The molecule has 2 aliphatic rings. The molecule has 0 aliphatic heterocycles. The number of hydrogen-bond acceptors (Lipinski definition) is 2. The number of benzene rings is 1. The summed E-state index contributed by atoms with van der Waals surface area (Å²) in [6.07, 6.45) is 8.81. The van der Waals surface area contributed by atoms with Crippen LogP contribution < -0.4 is 5.73 Å². The molecule has 2 nitrogen and oxygen atoms in total. The first-order chi connectivity index (χ1) is 9.79. The Bertz CT molecular complexity index is 622. The van der Waals surface area contributed by atoms with Gasteiger partial charge in [0, 0.05) is 17.6 Å². The van der Waals surface area contributed by atoms with Gasteiger partial charge in [0.25, 0.3) is 0 Å². The molecule has 4 unspecified atom stereocenters. The number of nitrogens with two attached hydrogens (primary N) is 1. The lowest BCUT2D eigenvalue weighted by Crippen LogP contribution is -2.19. The molecule has 2 fully saturated rings. The molecule has 104 valence electrons. The number of pyridine rings is 1. The van der Waals surface area contributed by atoms with E-state index in [2.05, 4.69) is 29.2 Å². The lowest BCUT2D eigenvalue weighted by atomic mass is 9.83. The minimum absolute atomic E-state index is 0.172. The predicted molar refractivity (Wildman–Crippen MR) is 82.2 cm³/mol. The second kappa shape index (κ2) is 4.85. The van der Waals surface area contributed by atoms with Crippen LogP contribution >= 0.6 is 0 Å². The first-order valence-electron chi connectivity index (χ1n) is 7.90. The van der Waals surface area contributed by atoms with Crippen LogP contribution in [0.3, 0.4) is 0 Å². The van der Waals surface area contributed by atoms with E-state index in [0.29, 0.717) is 0 Å². The van der Waals surface area contributed by atoms with E-state index in [0.717, 1.165) is 29.7 Å². The summed E-state index contributed by atoms with van der Waals surface area (Å²) >= 11 is 0. The van der Waals surface area contributed by atoms with Gasteiger partial charge in [-0.1, -0.05) is 24.6 Å². The van der Waals surface area contributed by atoms with Crippen molar-refractivity contribution in [2.24, 2.45) is 23.5 Å². The topological polar surface area (TPSA) is 38.9 Å². The molecule has 2 aliphatic carbocycles. The van der Waals surface area contributed by atoms with Gasteiger partial charge in [-0.05, 0) is 61.1 Å². The minimum Gasteiger partial charge on any atom is -0.324 e. The zero-order chi connectivity index (χ0) is 13.5. The summed E-state index contributed by atoms with van der Waals surface area (Å²) in [5.74, 6) is 2.84. The molecule has 1 aromatic heterocycles. The van der Waals surface area contributed by atoms with Crippen LogP contribution in [0.15, 0.2) is 36.5 Å². The Kier molecular flexibility index (Phi) is 2.99. The smallest absolute Gasteiger partial charge is 0.0705 e. The van der Waals surface area contributed by atoms with Gasteiger partial charge in [-0.2, -0.15) is 0 Å². The molecule has 0 radical (unpaired) electrons. The molecular weight excluding hydrogens is 244 g/mol. The Morgan fingerprint density at radius 2 is 2.15 bits per heavy atom. The van der Waals surface area contributed by atoms with Gasteiger partial charge in [0.15, 0.2) is 0 Å². The zero-order valence-electron chi connectivity index (χ0n) is 11.8. The van der Waals surface area contributed by atoms with E-state index in [4.69, 9.17) is 5.73 Å². The summed E-state index contributed by atoms with van der Waals surface area (Å²) in [6, 6.07) is 10.8. The van der Waals surface area contributed by atoms with Crippen molar-refractivity contribution in [1.29, 1.82) is 0 Å². The average molecular weight is 266 g/mol. The van der Waals surface area contributed by atoms with E-state index < -0.39 is 0 Å². The molecule has 0 spiro atoms. The number of hydrogen-bond donors (Lipinski definition) is 1. The van der Waals surface area contributed by atoms with Crippen molar-refractivity contribution in [3.8, 4) is 0 Å². The normalized spacial score (nSPS) is 29.9. The van der Waals surface area contributed by atoms with Crippen LogP contribution in [-0.2, 0) is 0 Å². The van der Waals surface area contributed by atoms with Gasteiger partial charge in [0.2, 0.25) is 0 Å². The summed E-state index contributed by atoms with van der Waals surface area (Å²) in [6.45, 7) is 0. The van der Waals surface area contributed by atoms with E-state index in [1.165, 1.54) is 36.6 Å². The predicted octanol–water partition coefficient (Wildman–Crippen LogP) is 4.06. The second-order valence-electron chi connectivity index (χ2n) is 6.73. The van der Waals surface area contributed by atoms with Crippen LogP contribution in [0, 0.1) is 17.8 Å². The Balaban J connectivity index is 1.53. The summed E-state index contributed by atoms with van der Waals surface area (Å²) in [5.41, 5.74) is 8.78. The quantitative estimate of drug-likeness (QED) is 0.909. The maximum Gasteiger partial charge on any atom is 0.0705 e. The Hall–Kier alpha value is -1.41. The summed E-state index contributed by atoms with van der Waals surface area (Å²) < 4.78 is 0. The fourth-order valence-electron chi connectivity index (χ4n) is 4.44. The van der Waals surface area contributed by atoms with E-state index in [1.54, 1.807) is 0 Å². The van der Waals surface area contributed by atoms with Gasteiger partial charge < -0.3 is 5.73 Å². The van der Waals surface area contributed by atoms with Crippen LogP contribution in [0.25, 0.3) is 10.9 Å². The maximum absolute atomic E-state index is 6.47. The first-order valence-corrected chi connectivity index (χ1v) is 7.90. The molecule has 2 heteroatoms. The standard InChI is InChI=1S/C18H22N2/c19-17(10-16-9-12-3-4-14(16)8-12)15-6-5-13-2-1-7-20-18(13)11-15/h1-2,5-7,11-12,14,16-17H,3-4,8-10,19H2. The van der Waals surface area contributed by atoms with Crippen molar-refractivity contribution in [2.45, 2.75) is 38.1 Å². The number of fused-ring (bicyclic) bond motifs is 3. The van der Waals surface area contributed by atoms with Crippen molar-refractivity contribution in [1.82, 2.24) is 4.98 Å². The van der Waals surface area contributed by atoms with Crippen molar-refractivity contribution in [2.75, 3.05) is 0 Å². The van der Waals surface area contributed by atoms with E-state index >= 15 is 0 Å². The maximum atomic E-state index is 6.47. The van der Waals surface area contributed by atoms with Gasteiger partial charge in [-0.3, -0.25) is 4.98 Å². The highest BCUT2D eigenvalue weighted by Crippen LogP contribution is 2.50. The SMILES string of the molecule is NC(CC1CC2CCC1C2)c1ccc2cccnc2c1. The van der Waals surface area contributed by atoms with Gasteiger partial charge in [0.1, 0.15) is 0 Å². The van der Waals surface area contributed by atoms with Crippen molar-refractivity contribution >= 4 is 10.9 Å². The second-order valence-corrected chi connectivity index (χ2v) is 6.73. The Morgan fingerprint density at radius 1 is 1.20 bits per heavy atom. The van der Waals surface area contributed by atoms with Crippen LogP contribution in [0.1, 0.15) is 43.7 Å². The van der Waals surface area contributed by atoms with Gasteiger partial charge in [-0.25, -0.2) is 0 Å². The lowest BCUT2D eigenvalue weighted by Gasteiger charge is -2.25. The third kappa shape index (κ3) is 2.12. The van der Waals surface area contributed by atoms with Crippen LogP contribution in [-0.4, -0.2) is 4.98 Å². The Labute approximate surface area is 120 Å². The first kappa shape index (κ1) is 12.3. The fraction of sp³-hybridized carbons (Fsp3) is 0.500. The average Bonchev–Trinajstić information content (AvgIpc) is 3.09. The monoisotopic (exact) mass is 266 g/mol. The number of aromatic nitrogens is 1. The number of rotatable bonds is 3. The highest BCUT2D eigenvalue weighted by atomic mass is 14.7. The van der Waals surface area contributed by atoms with E-state index in [1.807, 2.05) is 12.3 Å². The third-order valence-electron chi connectivity index (χ3n) is 5.50. The zero-order valence-corrected chi connectivity index (χ0v) is 11.8. The Morgan fingerprint density at radius 3 is 2.95 bits per heavy atom. The fourth-order valence-corrected chi connectivity index (χ4v) is 4.44. The van der Waals surface area contributed by atoms with Crippen LogP contribution in [0.2, 0.25) is 0 Å². The highest BCUT2D eigenvalue weighted by molar-refractivity contribution is 5.78. The molecule has 0 saturated heterocycles. The molecule has 2 N–H and O–H groups in total. The molecule has 1 aromatic carbocycles. The molecule has 2 bridgehead atoms. The minimum atomic E-state index is 0.172. The third-order valence-corrected chi connectivity index (χ3v) is 5.50.